The van der Waals surface area contributed by atoms with Crippen LogP contribution in [0.15, 0.2) is 24.3 Å². The van der Waals surface area contributed by atoms with E-state index in [2.05, 4.69) is 4.98 Å². The highest BCUT2D eigenvalue weighted by Crippen LogP contribution is 2.31. The van der Waals surface area contributed by atoms with Crippen LogP contribution >= 0.6 is 11.3 Å². The van der Waals surface area contributed by atoms with Gasteiger partial charge >= 0.3 is 5.97 Å². The molecular weight excluding hydrogens is 350 g/mol. The fourth-order valence-electron chi connectivity index (χ4n) is 3.19. The highest BCUT2D eigenvalue weighted by atomic mass is 32.1. The number of ketones is 2. The minimum Gasteiger partial charge on any atom is -0.453 e. The second-order valence-corrected chi connectivity index (χ2v) is 7.29. The van der Waals surface area contributed by atoms with E-state index in [0.717, 1.165) is 15.6 Å². The van der Waals surface area contributed by atoms with Crippen LogP contribution in [0, 0.1) is 20.8 Å². The summed E-state index contributed by atoms with van der Waals surface area (Å²) >= 11 is 1.40. The summed E-state index contributed by atoms with van der Waals surface area (Å²) in [5.74, 6) is -0.984. The van der Waals surface area contributed by atoms with E-state index in [4.69, 9.17) is 4.74 Å². The van der Waals surface area contributed by atoms with Crippen molar-refractivity contribution in [1.29, 1.82) is 0 Å². The topological polar surface area (TPSA) is 76.2 Å². The Kier molecular flexibility index (Phi) is 4.78. The molecule has 134 valence electrons. The van der Waals surface area contributed by atoms with E-state index < -0.39 is 5.97 Å². The van der Waals surface area contributed by atoms with Crippen molar-refractivity contribution < 1.29 is 19.1 Å². The van der Waals surface area contributed by atoms with Crippen molar-refractivity contribution in [3.63, 3.8) is 0 Å². The molecule has 3 aromatic rings. The lowest BCUT2D eigenvalue weighted by atomic mass is 10.1. The number of Topliss-reactive ketones (excluding diaryl/α,β-unsaturated/α-hetero) is 2. The Balaban J connectivity index is 1.77. The zero-order valence-electron chi connectivity index (χ0n) is 15.1. The zero-order valence-corrected chi connectivity index (χ0v) is 15.9. The number of ether oxygens (including phenoxy) is 1. The number of nitrogens with one attached hydrogen (secondary N) is 1. The minimum atomic E-state index is -0.634. The number of benzene rings is 1. The Hall–Kier alpha value is -2.73. The van der Waals surface area contributed by atoms with Crippen LogP contribution in [0.3, 0.4) is 0 Å². The van der Waals surface area contributed by atoms with E-state index in [9.17, 15) is 14.4 Å². The fourth-order valence-corrected chi connectivity index (χ4v) is 4.32. The highest BCUT2D eigenvalue weighted by molar-refractivity contribution is 7.21. The van der Waals surface area contributed by atoms with E-state index in [1.54, 1.807) is 13.8 Å². The SMILES string of the molecule is CC(=O)c1c(C)[nH]c(C(=O)OCC(=O)c2sc3ccccc3c2C)c1C. The van der Waals surface area contributed by atoms with Crippen LogP contribution in [-0.2, 0) is 4.74 Å². The molecule has 0 saturated carbocycles. The monoisotopic (exact) mass is 369 g/mol. The summed E-state index contributed by atoms with van der Waals surface area (Å²) in [5.41, 5.74) is 2.77. The third kappa shape index (κ3) is 3.08. The molecule has 1 aromatic carbocycles. The van der Waals surface area contributed by atoms with E-state index in [1.807, 2.05) is 31.2 Å². The number of carbonyl (C=O) groups excluding carboxylic acids is 3. The number of rotatable bonds is 5. The molecule has 0 unspecified atom stereocenters. The maximum atomic E-state index is 12.5. The largest absolute Gasteiger partial charge is 0.453 e. The summed E-state index contributed by atoms with van der Waals surface area (Å²) in [6, 6.07) is 7.79. The molecule has 0 aliphatic rings. The van der Waals surface area contributed by atoms with Crippen LogP contribution in [0.2, 0.25) is 0 Å². The molecule has 5 nitrogen and oxygen atoms in total. The summed E-state index contributed by atoms with van der Waals surface area (Å²) < 4.78 is 6.23. The number of fused-ring (bicyclic) bond motifs is 1. The number of esters is 1. The van der Waals surface area contributed by atoms with Crippen LogP contribution in [0.5, 0.6) is 0 Å². The molecule has 0 aliphatic carbocycles. The predicted molar refractivity (Wildman–Crippen MR) is 101 cm³/mol. The lowest BCUT2D eigenvalue weighted by Gasteiger charge is -2.04. The second-order valence-electron chi connectivity index (χ2n) is 6.23. The van der Waals surface area contributed by atoms with Crippen molar-refractivity contribution in [2.45, 2.75) is 27.7 Å². The molecule has 2 aromatic heterocycles. The number of hydrogen-bond donors (Lipinski definition) is 1. The predicted octanol–water partition coefficient (Wildman–Crippen LogP) is 4.40. The Morgan fingerprint density at radius 2 is 1.77 bits per heavy atom. The third-order valence-electron chi connectivity index (χ3n) is 4.42. The first-order chi connectivity index (χ1) is 12.3. The number of H-pyrrole nitrogens is 1. The molecule has 0 radical (unpaired) electrons. The Morgan fingerprint density at radius 1 is 1.08 bits per heavy atom. The van der Waals surface area contributed by atoms with Crippen LogP contribution in [0.25, 0.3) is 10.1 Å². The van der Waals surface area contributed by atoms with Crippen molar-refractivity contribution in [3.05, 3.63) is 57.2 Å². The Bertz CT molecular complexity index is 1040. The summed E-state index contributed by atoms with van der Waals surface area (Å²) in [6.07, 6.45) is 0. The quantitative estimate of drug-likeness (QED) is 0.534. The molecule has 1 N–H and O–H groups in total. The van der Waals surface area contributed by atoms with Gasteiger partial charge in [-0.3, -0.25) is 9.59 Å². The summed E-state index contributed by atoms with van der Waals surface area (Å²) in [7, 11) is 0. The molecule has 0 bridgehead atoms. The Morgan fingerprint density at radius 3 is 2.38 bits per heavy atom. The smallest absolute Gasteiger partial charge is 0.355 e. The standard InChI is InChI=1S/C20H19NO4S/c1-10-14-7-5-6-8-16(14)26-19(10)15(23)9-25-20(24)18-11(2)17(13(4)22)12(3)21-18/h5-8,21H,9H2,1-4H3. The number of aryl methyl sites for hydroxylation is 2. The molecule has 26 heavy (non-hydrogen) atoms. The molecule has 0 fully saturated rings. The van der Waals surface area contributed by atoms with Crippen LogP contribution in [-0.4, -0.2) is 29.1 Å². The zero-order chi connectivity index (χ0) is 19.0. The number of carbonyl (C=O) groups is 3. The van der Waals surface area contributed by atoms with Crippen molar-refractivity contribution in [3.8, 4) is 0 Å². The van der Waals surface area contributed by atoms with Gasteiger partial charge in [0.05, 0.1) is 4.88 Å². The van der Waals surface area contributed by atoms with Crippen LogP contribution in [0.4, 0.5) is 0 Å². The molecule has 6 heteroatoms. The van der Waals surface area contributed by atoms with E-state index in [1.165, 1.54) is 18.3 Å². The lowest BCUT2D eigenvalue weighted by molar-refractivity contribution is 0.0469. The molecule has 0 atom stereocenters. The van der Waals surface area contributed by atoms with Crippen molar-refractivity contribution in [1.82, 2.24) is 4.98 Å². The summed E-state index contributed by atoms with van der Waals surface area (Å²) in [4.78, 5) is 40.0. The van der Waals surface area contributed by atoms with Gasteiger partial charge in [-0.05, 0) is 50.3 Å². The highest BCUT2D eigenvalue weighted by Gasteiger charge is 2.22. The van der Waals surface area contributed by atoms with E-state index >= 15 is 0 Å². The maximum absolute atomic E-state index is 12.5. The second kappa shape index (κ2) is 6.88. The Labute approximate surface area is 155 Å². The van der Waals surface area contributed by atoms with Gasteiger partial charge in [0, 0.05) is 16.0 Å². The van der Waals surface area contributed by atoms with Gasteiger partial charge in [-0.2, -0.15) is 0 Å². The van der Waals surface area contributed by atoms with Gasteiger partial charge in [-0.15, -0.1) is 11.3 Å². The molecular formula is C20H19NO4S. The first-order valence-corrected chi connectivity index (χ1v) is 9.01. The number of thiophene rings is 1. The average molecular weight is 369 g/mol. The number of aromatic nitrogens is 1. The molecule has 0 amide bonds. The van der Waals surface area contributed by atoms with Gasteiger partial charge in [0.25, 0.3) is 0 Å². The van der Waals surface area contributed by atoms with E-state index in [-0.39, 0.29) is 23.9 Å². The third-order valence-corrected chi connectivity index (χ3v) is 5.74. The summed E-state index contributed by atoms with van der Waals surface area (Å²) in [6.45, 7) is 6.43. The lowest BCUT2D eigenvalue weighted by Crippen LogP contribution is -2.15. The molecule has 0 saturated heterocycles. The molecule has 3 rings (SSSR count). The van der Waals surface area contributed by atoms with E-state index in [0.29, 0.717) is 21.7 Å². The van der Waals surface area contributed by atoms with Gasteiger partial charge in [-0.1, -0.05) is 18.2 Å². The average Bonchev–Trinajstić information content (AvgIpc) is 3.09. The molecule has 0 aliphatic heterocycles. The number of aromatic amines is 1. The van der Waals surface area contributed by atoms with Crippen molar-refractivity contribution >= 4 is 39.0 Å². The maximum Gasteiger partial charge on any atom is 0.355 e. The van der Waals surface area contributed by atoms with Crippen LogP contribution in [0.1, 0.15) is 54.3 Å². The van der Waals surface area contributed by atoms with Crippen LogP contribution < -0.4 is 0 Å². The first kappa shape index (κ1) is 18.1. The first-order valence-electron chi connectivity index (χ1n) is 8.19. The van der Waals surface area contributed by atoms with Gasteiger partial charge in [-0.25, -0.2) is 4.79 Å². The van der Waals surface area contributed by atoms with Crippen molar-refractivity contribution in [2.75, 3.05) is 6.61 Å². The van der Waals surface area contributed by atoms with Gasteiger partial charge in [0.1, 0.15) is 5.69 Å². The number of hydrogen-bond acceptors (Lipinski definition) is 5. The van der Waals surface area contributed by atoms with Gasteiger partial charge < -0.3 is 9.72 Å². The summed E-state index contributed by atoms with van der Waals surface area (Å²) in [5, 5.41) is 1.04. The van der Waals surface area contributed by atoms with Gasteiger partial charge in [0.15, 0.2) is 12.4 Å². The van der Waals surface area contributed by atoms with Crippen molar-refractivity contribution in [2.24, 2.45) is 0 Å². The van der Waals surface area contributed by atoms with Gasteiger partial charge in [0.2, 0.25) is 5.78 Å². The molecule has 0 spiro atoms. The fraction of sp³-hybridized carbons (Fsp3) is 0.250. The minimum absolute atomic E-state index is 0.118. The normalized spacial score (nSPS) is 10.9. The molecule has 2 heterocycles.